The van der Waals surface area contributed by atoms with Crippen LogP contribution in [0.25, 0.3) is 6.08 Å². The molecule has 0 saturated carbocycles. The Bertz CT molecular complexity index is 1650. The summed E-state index contributed by atoms with van der Waals surface area (Å²) in [6.45, 7) is 4.24. The Morgan fingerprint density at radius 2 is 1.68 bits per heavy atom. The van der Waals surface area contributed by atoms with Crippen LogP contribution in [-0.4, -0.2) is 36.7 Å². The highest BCUT2D eigenvalue weighted by atomic mass is 32.1. The summed E-state index contributed by atoms with van der Waals surface area (Å²) in [4.78, 5) is 54.5. The number of esters is 3. The molecule has 4 rings (SSSR count). The number of allylic oxidation sites excluding steroid dienone is 1. The first kappa shape index (κ1) is 26.6. The Morgan fingerprint density at radius 1 is 1.00 bits per heavy atom. The number of thiazole rings is 1. The molecule has 1 aliphatic rings. The topological polar surface area (TPSA) is 122 Å². The monoisotopic (exact) mass is 536 g/mol. The second-order valence-corrected chi connectivity index (χ2v) is 9.22. The summed E-state index contributed by atoms with van der Waals surface area (Å²) in [5, 5.41) is 0. The van der Waals surface area contributed by atoms with E-state index in [1.54, 1.807) is 55.5 Å². The van der Waals surface area contributed by atoms with Gasteiger partial charge in [-0.3, -0.25) is 19.0 Å². The van der Waals surface area contributed by atoms with E-state index in [0.717, 1.165) is 11.3 Å². The van der Waals surface area contributed by atoms with Gasteiger partial charge in [-0.2, -0.15) is 0 Å². The molecular formula is C27H24N2O8S. The fraction of sp³-hybridized carbons (Fsp3) is 0.222. The molecule has 0 aliphatic carbocycles. The van der Waals surface area contributed by atoms with Crippen LogP contribution in [0.15, 0.2) is 63.5 Å². The maximum Gasteiger partial charge on any atom is 0.338 e. The molecular weight excluding hydrogens is 512 g/mol. The molecule has 1 atom stereocenters. The summed E-state index contributed by atoms with van der Waals surface area (Å²) in [7, 11) is 2.71. The van der Waals surface area contributed by atoms with E-state index in [2.05, 4.69) is 4.99 Å². The van der Waals surface area contributed by atoms with E-state index in [4.69, 9.17) is 18.9 Å². The van der Waals surface area contributed by atoms with Gasteiger partial charge in [0.2, 0.25) is 0 Å². The number of benzene rings is 2. The van der Waals surface area contributed by atoms with Crippen molar-refractivity contribution in [3.8, 4) is 17.2 Å². The normalized spacial score (nSPS) is 14.9. The molecule has 3 aromatic rings. The van der Waals surface area contributed by atoms with E-state index >= 15 is 0 Å². The quantitative estimate of drug-likeness (QED) is 0.347. The predicted octanol–water partition coefficient (Wildman–Crippen LogP) is 2.27. The fourth-order valence-electron chi connectivity index (χ4n) is 4.09. The molecule has 10 nitrogen and oxygen atoms in total. The number of carbonyl (C=O) groups is 3. The number of ether oxygens (including phenoxy) is 4. The summed E-state index contributed by atoms with van der Waals surface area (Å²) in [5.74, 6) is -0.804. The molecule has 2 aromatic carbocycles. The van der Waals surface area contributed by atoms with E-state index in [1.807, 2.05) is 0 Å². The summed E-state index contributed by atoms with van der Waals surface area (Å²) in [6, 6.07) is 10.7. The summed E-state index contributed by atoms with van der Waals surface area (Å²) in [5.41, 5.74) is 1.24. The average Bonchev–Trinajstić information content (AvgIpc) is 3.17. The molecule has 1 aromatic heterocycles. The van der Waals surface area contributed by atoms with Gasteiger partial charge in [-0.05, 0) is 36.8 Å². The van der Waals surface area contributed by atoms with Gasteiger partial charge in [-0.25, -0.2) is 9.79 Å². The molecule has 0 amide bonds. The highest BCUT2D eigenvalue weighted by Crippen LogP contribution is 2.33. The zero-order chi connectivity index (χ0) is 27.6. The van der Waals surface area contributed by atoms with Gasteiger partial charge < -0.3 is 18.9 Å². The van der Waals surface area contributed by atoms with Gasteiger partial charge >= 0.3 is 17.9 Å². The van der Waals surface area contributed by atoms with Crippen LogP contribution in [0, 0.1) is 0 Å². The molecule has 0 saturated heterocycles. The lowest BCUT2D eigenvalue weighted by atomic mass is 9.96. The van der Waals surface area contributed by atoms with Crippen LogP contribution in [0.2, 0.25) is 0 Å². The Hall–Kier alpha value is -4.51. The Labute approximate surface area is 221 Å². The highest BCUT2D eigenvalue weighted by molar-refractivity contribution is 7.07. The number of hydrogen-bond acceptors (Lipinski definition) is 10. The Kier molecular flexibility index (Phi) is 7.58. The summed E-state index contributed by atoms with van der Waals surface area (Å²) < 4.78 is 22.5. The molecule has 11 heteroatoms. The van der Waals surface area contributed by atoms with E-state index in [1.165, 1.54) is 32.6 Å². The first-order valence-electron chi connectivity index (χ1n) is 11.4. The maximum atomic E-state index is 13.8. The van der Waals surface area contributed by atoms with Gasteiger partial charge in [0.1, 0.15) is 5.75 Å². The summed E-state index contributed by atoms with van der Waals surface area (Å²) >= 11 is 1.12. The van der Waals surface area contributed by atoms with E-state index in [9.17, 15) is 19.2 Å². The van der Waals surface area contributed by atoms with Crippen molar-refractivity contribution in [1.29, 1.82) is 0 Å². The van der Waals surface area contributed by atoms with Crippen molar-refractivity contribution in [3.05, 3.63) is 84.5 Å². The minimum atomic E-state index is -0.842. The van der Waals surface area contributed by atoms with E-state index in [0.29, 0.717) is 37.7 Å². The van der Waals surface area contributed by atoms with Gasteiger partial charge in [0.15, 0.2) is 16.3 Å². The van der Waals surface area contributed by atoms with Crippen molar-refractivity contribution >= 4 is 35.3 Å². The number of para-hydroxylation sites is 1. The molecule has 0 radical (unpaired) electrons. The van der Waals surface area contributed by atoms with Crippen molar-refractivity contribution in [1.82, 2.24) is 4.57 Å². The van der Waals surface area contributed by atoms with Crippen LogP contribution in [0.1, 0.15) is 37.9 Å². The minimum Gasteiger partial charge on any atom is -0.493 e. The molecule has 0 fully saturated rings. The molecule has 196 valence electrons. The second-order valence-electron chi connectivity index (χ2n) is 8.21. The van der Waals surface area contributed by atoms with Crippen molar-refractivity contribution in [3.63, 3.8) is 0 Å². The molecule has 2 heterocycles. The van der Waals surface area contributed by atoms with Crippen LogP contribution in [-0.2, 0) is 19.1 Å². The zero-order valence-corrected chi connectivity index (χ0v) is 22.1. The number of nitrogens with zero attached hydrogens (tertiary/aromatic N) is 2. The lowest BCUT2D eigenvalue weighted by Crippen LogP contribution is -2.39. The highest BCUT2D eigenvalue weighted by Gasteiger charge is 2.33. The third-order valence-corrected chi connectivity index (χ3v) is 6.63. The van der Waals surface area contributed by atoms with Gasteiger partial charge in [0, 0.05) is 19.4 Å². The number of rotatable bonds is 6. The van der Waals surface area contributed by atoms with Gasteiger partial charge in [0.05, 0.1) is 36.1 Å². The smallest absolute Gasteiger partial charge is 0.338 e. The Morgan fingerprint density at radius 3 is 2.29 bits per heavy atom. The first-order chi connectivity index (χ1) is 18.1. The number of aromatic nitrogens is 1. The Balaban J connectivity index is 1.93. The standard InChI is InChI=1S/C27H24N2O8S/c1-14-22(26(33)35-5)23(17-9-11-19(12-10-17)36-15(2)30)29-25(32)21(38-27(29)28-14)13-18-7-6-8-20(34-4)24(18)37-16(3)31/h6-13,23H,1-5H3. The lowest BCUT2D eigenvalue weighted by molar-refractivity contribution is -0.136. The van der Waals surface area contributed by atoms with Crippen LogP contribution >= 0.6 is 11.3 Å². The fourth-order valence-corrected chi connectivity index (χ4v) is 5.13. The van der Waals surface area contributed by atoms with Crippen LogP contribution in [0.4, 0.5) is 0 Å². The second kappa shape index (κ2) is 10.9. The van der Waals surface area contributed by atoms with Gasteiger partial charge in [0.25, 0.3) is 5.56 Å². The van der Waals surface area contributed by atoms with E-state index < -0.39 is 29.5 Å². The largest absolute Gasteiger partial charge is 0.493 e. The third-order valence-electron chi connectivity index (χ3n) is 5.65. The third kappa shape index (κ3) is 5.14. The number of methoxy groups -OCH3 is 2. The number of carbonyl (C=O) groups excluding carboxylic acids is 3. The predicted molar refractivity (Wildman–Crippen MR) is 138 cm³/mol. The molecule has 1 unspecified atom stereocenters. The molecule has 0 bridgehead atoms. The van der Waals surface area contributed by atoms with E-state index in [-0.39, 0.29) is 11.3 Å². The lowest BCUT2D eigenvalue weighted by Gasteiger charge is -2.24. The molecule has 1 aliphatic heterocycles. The maximum absolute atomic E-state index is 13.8. The summed E-state index contributed by atoms with van der Waals surface area (Å²) in [6.07, 6.45) is 1.59. The number of hydrogen-bond donors (Lipinski definition) is 0. The van der Waals surface area contributed by atoms with Crippen molar-refractivity contribution < 1.29 is 33.3 Å². The van der Waals surface area contributed by atoms with Crippen molar-refractivity contribution in [2.24, 2.45) is 4.99 Å². The molecule has 38 heavy (non-hydrogen) atoms. The average molecular weight is 537 g/mol. The number of fused-ring (bicyclic) bond motifs is 1. The SMILES string of the molecule is COC(=O)C1=C(C)N=c2sc(=Cc3cccc(OC)c3OC(C)=O)c(=O)n2C1c1ccc(OC(C)=O)cc1. The van der Waals surface area contributed by atoms with Gasteiger partial charge in [-0.1, -0.05) is 35.6 Å². The molecule has 0 N–H and O–H groups in total. The van der Waals surface area contributed by atoms with Crippen molar-refractivity contribution in [2.45, 2.75) is 26.8 Å². The van der Waals surface area contributed by atoms with Crippen LogP contribution in [0.3, 0.4) is 0 Å². The molecule has 0 spiro atoms. The van der Waals surface area contributed by atoms with Gasteiger partial charge in [-0.15, -0.1) is 0 Å². The van der Waals surface area contributed by atoms with Crippen LogP contribution < -0.4 is 29.1 Å². The van der Waals surface area contributed by atoms with Crippen LogP contribution in [0.5, 0.6) is 17.2 Å². The minimum absolute atomic E-state index is 0.178. The zero-order valence-electron chi connectivity index (χ0n) is 21.3. The first-order valence-corrected chi connectivity index (χ1v) is 12.2. The van der Waals surface area contributed by atoms with Crippen molar-refractivity contribution in [2.75, 3.05) is 14.2 Å².